The van der Waals surface area contributed by atoms with E-state index in [0.717, 1.165) is 0 Å². The number of hydrogen-bond donors (Lipinski definition) is 3. The van der Waals surface area contributed by atoms with Gasteiger partial charge in [0, 0.05) is 11.6 Å². The maximum absolute atomic E-state index is 12.0. The summed E-state index contributed by atoms with van der Waals surface area (Å²) in [5.74, 6) is 0.607. The molecule has 2 heterocycles. The number of nitrogens with two attached hydrogens (primary N) is 1. The van der Waals surface area contributed by atoms with E-state index >= 15 is 0 Å². The van der Waals surface area contributed by atoms with E-state index in [-0.39, 0.29) is 17.3 Å². The van der Waals surface area contributed by atoms with Gasteiger partial charge < -0.3 is 10.5 Å². The zero-order valence-corrected chi connectivity index (χ0v) is 13.0. The van der Waals surface area contributed by atoms with Crippen LogP contribution >= 0.6 is 0 Å². The molecule has 0 aliphatic heterocycles. The molecule has 0 aliphatic carbocycles. The van der Waals surface area contributed by atoms with Crippen LogP contribution in [0.3, 0.4) is 0 Å². The molecular weight excluding hydrogens is 320 g/mol. The summed E-state index contributed by atoms with van der Waals surface area (Å²) in [6, 6.07) is 8.08. The van der Waals surface area contributed by atoms with Crippen molar-refractivity contribution in [2.45, 2.75) is 11.5 Å². The number of hydrogen-bond acceptors (Lipinski definition) is 7. The third-order valence-corrected chi connectivity index (χ3v) is 4.71. The van der Waals surface area contributed by atoms with Crippen LogP contribution in [0.4, 0.5) is 5.82 Å². The van der Waals surface area contributed by atoms with E-state index in [2.05, 4.69) is 25.1 Å². The Bertz CT molecular complexity index is 953. The average molecular weight is 334 g/mol. The van der Waals surface area contributed by atoms with Crippen molar-refractivity contribution in [1.82, 2.24) is 25.1 Å². The molecule has 9 nitrogen and oxygen atoms in total. The molecule has 0 unspecified atom stereocenters. The van der Waals surface area contributed by atoms with E-state index in [0.29, 0.717) is 22.5 Å². The smallest absolute Gasteiger partial charge is 0.240 e. The van der Waals surface area contributed by atoms with Gasteiger partial charge in [0.05, 0.1) is 4.90 Å². The van der Waals surface area contributed by atoms with Crippen molar-refractivity contribution >= 4 is 27.0 Å². The van der Waals surface area contributed by atoms with E-state index in [1.165, 1.54) is 19.2 Å². The first-order valence-electron chi connectivity index (χ1n) is 6.62. The minimum absolute atomic E-state index is 0.0303. The number of aromatic amines is 1. The number of nitrogens with zero attached hydrogens (tertiary/aromatic N) is 3. The fourth-order valence-corrected chi connectivity index (χ4v) is 3.04. The molecule has 0 bridgehead atoms. The molecule has 1 aromatic carbocycles. The molecule has 120 valence electrons. The number of ether oxygens (including phenoxy) is 1. The molecule has 0 radical (unpaired) electrons. The Morgan fingerprint density at radius 2 is 2.09 bits per heavy atom. The third-order valence-electron chi connectivity index (χ3n) is 3.19. The number of aromatic nitrogens is 4. The summed E-state index contributed by atoms with van der Waals surface area (Å²) in [6.07, 6.45) is 0. The SMILES string of the molecule is CNS(=O)(=O)c1ccccc1COc1cc(N)nc2n[nH]nc12. The minimum atomic E-state index is -3.57. The van der Waals surface area contributed by atoms with Crippen LogP contribution in [-0.2, 0) is 16.6 Å². The predicted molar refractivity (Wildman–Crippen MR) is 83.1 cm³/mol. The molecular formula is C13H14N6O3S. The van der Waals surface area contributed by atoms with E-state index < -0.39 is 10.0 Å². The maximum atomic E-state index is 12.0. The van der Waals surface area contributed by atoms with Crippen molar-refractivity contribution < 1.29 is 13.2 Å². The van der Waals surface area contributed by atoms with Crippen molar-refractivity contribution in [3.63, 3.8) is 0 Å². The second-order valence-electron chi connectivity index (χ2n) is 4.65. The number of nitrogens with one attached hydrogen (secondary N) is 2. The van der Waals surface area contributed by atoms with E-state index in [1.54, 1.807) is 18.2 Å². The zero-order valence-electron chi connectivity index (χ0n) is 12.1. The Balaban J connectivity index is 1.93. The first-order chi connectivity index (χ1) is 11.0. The molecule has 4 N–H and O–H groups in total. The van der Waals surface area contributed by atoms with Gasteiger partial charge in [-0.1, -0.05) is 18.2 Å². The van der Waals surface area contributed by atoms with Crippen LogP contribution in [0.5, 0.6) is 5.75 Å². The Morgan fingerprint density at radius 3 is 2.87 bits per heavy atom. The molecule has 2 aromatic heterocycles. The molecule has 10 heteroatoms. The lowest BCUT2D eigenvalue weighted by atomic mass is 10.2. The number of benzene rings is 1. The van der Waals surface area contributed by atoms with Gasteiger partial charge in [-0.25, -0.2) is 18.1 Å². The van der Waals surface area contributed by atoms with Crippen molar-refractivity contribution in [3.05, 3.63) is 35.9 Å². The summed E-state index contributed by atoms with van der Waals surface area (Å²) >= 11 is 0. The van der Waals surface area contributed by atoms with E-state index in [4.69, 9.17) is 10.5 Å². The molecule has 3 rings (SSSR count). The first kappa shape index (κ1) is 15.2. The highest BCUT2D eigenvalue weighted by Gasteiger charge is 2.17. The number of nitrogen functional groups attached to an aromatic ring is 1. The second-order valence-corrected chi connectivity index (χ2v) is 6.50. The molecule has 0 fully saturated rings. The number of rotatable bonds is 5. The van der Waals surface area contributed by atoms with Crippen LogP contribution in [-0.4, -0.2) is 35.9 Å². The Kier molecular flexibility index (Phi) is 3.84. The Hall–Kier alpha value is -2.72. The third kappa shape index (κ3) is 2.94. The highest BCUT2D eigenvalue weighted by atomic mass is 32.2. The van der Waals surface area contributed by atoms with Gasteiger partial charge in [0.2, 0.25) is 15.7 Å². The molecule has 0 saturated heterocycles. The summed E-state index contributed by atoms with van der Waals surface area (Å²) in [7, 11) is -2.22. The molecule has 3 aromatic rings. The first-order valence-corrected chi connectivity index (χ1v) is 8.11. The largest absolute Gasteiger partial charge is 0.486 e. The van der Waals surface area contributed by atoms with Gasteiger partial charge in [0.1, 0.15) is 12.4 Å². The van der Waals surface area contributed by atoms with Gasteiger partial charge in [-0.15, -0.1) is 5.10 Å². The van der Waals surface area contributed by atoms with Gasteiger partial charge in [-0.05, 0) is 13.1 Å². The molecule has 0 spiro atoms. The average Bonchev–Trinajstić information content (AvgIpc) is 3.01. The van der Waals surface area contributed by atoms with E-state index in [1.807, 2.05) is 0 Å². The maximum Gasteiger partial charge on any atom is 0.240 e. The van der Waals surface area contributed by atoms with Crippen LogP contribution in [0.15, 0.2) is 35.2 Å². The normalized spacial score (nSPS) is 11.7. The lowest BCUT2D eigenvalue weighted by Crippen LogP contribution is -2.20. The molecule has 0 amide bonds. The summed E-state index contributed by atoms with van der Waals surface area (Å²) in [6.45, 7) is 0.0303. The van der Waals surface area contributed by atoms with Crippen molar-refractivity contribution in [2.24, 2.45) is 0 Å². The second kappa shape index (κ2) is 5.82. The lowest BCUT2D eigenvalue weighted by molar-refractivity contribution is 0.306. The number of sulfonamides is 1. The zero-order chi connectivity index (χ0) is 16.4. The van der Waals surface area contributed by atoms with Gasteiger partial charge in [-0.2, -0.15) is 10.3 Å². The van der Waals surface area contributed by atoms with Gasteiger partial charge >= 0.3 is 0 Å². The lowest BCUT2D eigenvalue weighted by Gasteiger charge is -2.11. The summed E-state index contributed by atoms with van der Waals surface area (Å²) in [4.78, 5) is 4.16. The van der Waals surface area contributed by atoms with Crippen molar-refractivity contribution in [3.8, 4) is 5.75 Å². The molecule has 0 atom stereocenters. The monoisotopic (exact) mass is 334 g/mol. The fourth-order valence-electron chi connectivity index (χ4n) is 2.09. The summed E-state index contributed by atoms with van der Waals surface area (Å²) in [5.41, 5.74) is 6.96. The van der Waals surface area contributed by atoms with Gasteiger partial charge in [-0.3, -0.25) is 0 Å². The van der Waals surface area contributed by atoms with Crippen LogP contribution in [0.2, 0.25) is 0 Å². The highest BCUT2D eigenvalue weighted by molar-refractivity contribution is 7.89. The Labute approximate surface area is 131 Å². The predicted octanol–water partition coefficient (Wildman–Crippen LogP) is 0.422. The number of anilines is 1. The van der Waals surface area contributed by atoms with E-state index in [9.17, 15) is 8.42 Å². The fraction of sp³-hybridized carbons (Fsp3) is 0.154. The number of fused-ring (bicyclic) bond motifs is 1. The molecule has 23 heavy (non-hydrogen) atoms. The van der Waals surface area contributed by atoms with Crippen molar-refractivity contribution in [2.75, 3.05) is 12.8 Å². The number of H-pyrrole nitrogens is 1. The summed E-state index contributed by atoms with van der Waals surface area (Å²) in [5, 5.41) is 10.2. The van der Waals surface area contributed by atoms with Crippen LogP contribution in [0, 0.1) is 0 Å². The topological polar surface area (TPSA) is 136 Å². The number of pyridine rings is 1. The van der Waals surface area contributed by atoms with Crippen molar-refractivity contribution in [1.29, 1.82) is 0 Å². The quantitative estimate of drug-likeness (QED) is 0.615. The minimum Gasteiger partial charge on any atom is -0.486 e. The standard InChI is InChI=1S/C13H14N6O3S/c1-15-23(20,21)10-5-3-2-4-8(10)7-22-9-6-11(14)16-13-12(9)17-19-18-13/h2-6,15H,7H2,1H3,(H3,14,16,17,18,19). The van der Waals surface area contributed by atoms with Crippen LogP contribution in [0.25, 0.3) is 11.2 Å². The van der Waals surface area contributed by atoms with Crippen LogP contribution < -0.4 is 15.2 Å². The highest BCUT2D eigenvalue weighted by Crippen LogP contribution is 2.25. The Morgan fingerprint density at radius 1 is 1.30 bits per heavy atom. The van der Waals surface area contributed by atoms with Gasteiger partial charge in [0.25, 0.3) is 0 Å². The summed E-state index contributed by atoms with van der Waals surface area (Å²) < 4.78 is 32.0. The van der Waals surface area contributed by atoms with Gasteiger partial charge in [0.15, 0.2) is 11.3 Å². The van der Waals surface area contributed by atoms with Crippen LogP contribution in [0.1, 0.15) is 5.56 Å². The molecule has 0 aliphatic rings. The molecule has 0 saturated carbocycles.